The van der Waals surface area contributed by atoms with Crippen molar-refractivity contribution in [1.29, 1.82) is 0 Å². The number of rotatable bonds is 10. The molecule has 1 saturated heterocycles. The van der Waals surface area contributed by atoms with Crippen LogP contribution in [0.5, 0.6) is 5.75 Å². The van der Waals surface area contributed by atoms with Crippen molar-refractivity contribution in [3.05, 3.63) is 23.8 Å². The maximum atomic E-state index is 13.1. The molecule has 3 amide bonds. The van der Waals surface area contributed by atoms with Gasteiger partial charge in [0.2, 0.25) is 11.8 Å². The number of aromatic hydroxyl groups is 1. The maximum absolute atomic E-state index is 13.1. The third-order valence-electron chi connectivity index (χ3n) is 5.53. The number of benzene rings is 1. The first kappa shape index (κ1) is 34.3. The molecule has 0 saturated carbocycles. The molecule has 1 aliphatic heterocycles. The predicted octanol–water partition coefficient (Wildman–Crippen LogP) is -8.31. The number of carboxylic acid groups (broad SMARTS) is 2. The Morgan fingerprint density at radius 1 is 1.17 bits per heavy atom. The summed E-state index contributed by atoms with van der Waals surface area (Å²) in [5.74, 6) is -5.60. The standard InChI is InChI=1S/C22H30N4O8.2Na/c1-11(2)18(22(33)34)25-20(31)15-4-3-9-26(15)21(32)13-10-12(5-7-16(13)27)24-19(30)14(23)6-8-17(28)29;;/h5,7,10-11,14-15,18,27H,3-4,6,8-9,23H2,1-2H3,(H,24,30)(H,25,31)(H,28,29)(H,33,34);;/q;2*+1/p-2. The van der Waals surface area contributed by atoms with Crippen molar-refractivity contribution in [3.8, 4) is 5.75 Å². The van der Waals surface area contributed by atoms with Gasteiger partial charge in [-0.1, -0.05) is 13.8 Å². The third-order valence-corrected chi connectivity index (χ3v) is 5.53. The minimum Gasteiger partial charge on any atom is -0.550 e. The van der Waals surface area contributed by atoms with Gasteiger partial charge < -0.3 is 46.2 Å². The number of hydrogen-bond donors (Lipinski definition) is 4. The van der Waals surface area contributed by atoms with E-state index in [1.54, 1.807) is 13.8 Å². The molecule has 14 heteroatoms. The van der Waals surface area contributed by atoms with E-state index in [0.29, 0.717) is 12.8 Å². The van der Waals surface area contributed by atoms with E-state index in [0.717, 1.165) is 0 Å². The molecule has 0 spiro atoms. The van der Waals surface area contributed by atoms with Crippen molar-refractivity contribution in [2.75, 3.05) is 11.9 Å². The minimum atomic E-state index is -1.43. The molecule has 1 fully saturated rings. The number of phenols is 1. The Bertz CT molecular complexity index is 975. The number of carbonyl (C=O) groups is 5. The molecule has 3 unspecified atom stereocenters. The number of nitrogens with zero attached hydrogens (tertiary/aromatic N) is 1. The summed E-state index contributed by atoms with van der Waals surface area (Å²) >= 11 is 0. The average Bonchev–Trinajstić information content (AvgIpc) is 3.25. The van der Waals surface area contributed by atoms with Crippen molar-refractivity contribution in [3.63, 3.8) is 0 Å². The maximum Gasteiger partial charge on any atom is 1.00 e. The van der Waals surface area contributed by atoms with Crippen LogP contribution in [0.2, 0.25) is 0 Å². The van der Waals surface area contributed by atoms with Crippen LogP contribution in [0.3, 0.4) is 0 Å². The third kappa shape index (κ3) is 9.33. The fourth-order valence-corrected chi connectivity index (χ4v) is 3.61. The molecule has 1 aliphatic rings. The molecule has 0 aliphatic carbocycles. The molecule has 36 heavy (non-hydrogen) atoms. The van der Waals surface area contributed by atoms with Crippen LogP contribution < -0.4 is 85.7 Å². The van der Waals surface area contributed by atoms with Crippen LogP contribution in [0.1, 0.15) is 49.9 Å². The van der Waals surface area contributed by atoms with Crippen LogP contribution in [-0.2, 0) is 19.2 Å². The van der Waals surface area contributed by atoms with Crippen LogP contribution in [0.25, 0.3) is 0 Å². The van der Waals surface area contributed by atoms with E-state index in [9.17, 15) is 39.3 Å². The number of likely N-dealkylation sites (tertiary alicyclic amines) is 1. The van der Waals surface area contributed by atoms with Crippen LogP contribution in [0.4, 0.5) is 5.69 Å². The zero-order valence-electron chi connectivity index (χ0n) is 20.9. The quantitative estimate of drug-likeness (QED) is 0.170. The van der Waals surface area contributed by atoms with Gasteiger partial charge in [0.25, 0.3) is 5.91 Å². The molecule has 2 rings (SSSR count). The Morgan fingerprint density at radius 2 is 1.81 bits per heavy atom. The first-order valence-electron chi connectivity index (χ1n) is 10.8. The normalized spacial score (nSPS) is 16.2. The Labute approximate surface area is 252 Å². The summed E-state index contributed by atoms with van der Waals surface area (Å²) in [6, 6.07) is 0.436. The monoisotopic (exact) mass is 522 g/mol. The second-order valence-corrected chi connectivity index (χ2v) is 8.44. The number of hydrogen-bond acceptors (Lipinski definition) is 9. The van der Waals surface area contributed by atoms with Crippen molar-refractivity contribution < 1.29 is 98.4 Å². The number of carboxylic acids is 2. The van der Waals surface area contributed by atoms with Crippen LogP contribution in [0.15, 0.2) is 18.2 Å². The number of nitrogens with one attached hydrogen (secondary N) is 2. The van der Waals surface area contributed by atoms with E-state index in [1.165, 1.54) is 23.1 Å². The Morgan fingerprint density at radius 3 is 2.36 bits per heavy atom. The zero-order chi connectivity index (χ0) is 25.6. The van der Waals surface area contributed by atoms with Crippen LogP contribution in [0, 0.1) is 5.92 Å². The van der Waals surface area contributed by atoms with Crippen molar-refractivity contribution in [1.82, 2.24) is 10.2 Å². The van der Waals surface area contributed by atoms with Gasteiger partial charge >= 0.3 is 59.1 Å². The molecule has 0 bridgehead atoms. The van der Waals surface area contributed by atoms with Gasteiger partial charge in [0.15, 0.2) is 0 Å². The van der Waals surface area contributed by atoms with Gasteiger partial charge in [-0.05, 0) is 49.8 Å². The largest absolute Gasteiger partial charge is 1.00 e. The second kappa shape index (κ2) is 15.6. The van der Waals surface area contributed by atoms with E-state index < -0.39 is 60.1 Å². The SMILES string of the molecule is CC(C)C(NC(=O)C1CCCN1C(=O)c1cc(NC(=O)C(N)CCC(=O)[O-])ccc1O)C(=O)[O-].[Na+].[Na+]. The van der Waals surface area contributed by atoms with Gasteiger partial charge in [0.1, 0.15) is 11.8 Å². The number of amides is 3. The first-order chi connectivity index (χ1) is 15.9. The molecule has 3 atom stereocenters. The number of phenolic OH excluding ortho intramolecular Hbond substituents is 1. The summed E-state index contributed by atoms with van der Waals surface area (Å²) in [6.45, 7) is 3.43. The number of anilines is 1. The molecule has 0 radical (unpaired) electrons. The Kier molecular flexibility index (Phi) is 14.8. The molecule has 186 valence electrons. The van der Waals surface area contributed by atoms with Gasteiger partial charge in [-0.15, -0.1) is 0 Å². The molecule has 1 heterocycles. The van der Waals surface area contributed by atoms with E-state index in [2.05, 4.69) is 10.6 Å². The molecule has 12 nitrogen and oxygen atoms in total. The van der Waals surface area contributed by atoms with E-state index >= 15 is 0 Å². The van der Waals surface area contributed by atoms with Crippen LogP contribution >= 0.6 is 0 Å². The van der Waals surface area contributed by atoms with E-state index in [4.69, 9.17) is 5.73 Å². The van der Waals surface area contributed by atoms with Crippen molar-refractivity contribution >= 4 is 35.3 Å². The van der Waals surface area contributed by atoms with Gasteiger partial charge in [-0.3, -0.25) is 14.4 Å². The van der Waals surface area contributed by atoms with Crippen molar-refractivity contribution in [2.45, 2.75) is 57.7 Å². The average molecular weight is 522 g/mol. The van der Waals surface area contributed by atoms with Gasteiger partial charge in [0, 0.05) is 18.2 Å². The second-order valence-electron chi connectivity index (χ2n) is 8.44. The number of nitrogens with two attached hydrogens (primary N) is 1. The summed E-state index contributed by atoms with van der Waals surface area (Å²) in [7, 11) is 0. The molecule has 0 aromatic heterocycles. The molecular formula is C22H28N4Na2O8. The fourth-order valence-electron chi connectivity index (χ4n) is 3.61. The summed E-state index contributed by atoms with van der Waals surface area (Å²) in [5.41, 5.74) is 5.61. The molecule has 1 aromatic rings. The Balaban J connectivity index is 0.00000612. The first-order valence-corrected chi connectivity index (χ1v) is 10.8. The minimum absolute atomic E-state index is 0. The molecule has 5 N–H and O–H groups in total. The summed E-state index contributed by atoms with van der Waals surface area (Å²) in [6.07, 6.45) is 0.250. The smallest absolute Gasteiger partial charge is 0.550 e. The summed E-state index contributed by atoms with van der Waals surface area (Å²) in [4.78, 5) is 61.1. The zero-order valence-corrected chi connectivity index (χ0v) is 24.9. The van der Waals surface area contributed by atoms with Gasteiger partial charge in [-0.25, -0.2) is 0 Å². The van der Waals surface area contributed by atoms with Crippen LogP contribution in [-0.4, -0.2) is 64.3 Å². The summed E-state index contributed by atoms with van der Waals surface area (Å²) < 4.78 is 0. The topological polar surface area (TPSA) is 205 Å². The Hall–Kier alpha value is -1.67. The van der Waals surface area contributed by atoms with E-state index in [-0.39, 0.29) is 89.1 Å². The predicted molar refractivity (Wildman–Crippen MR) is 115 cm³/mol. The fraction of sp³-hybridized carbons (Fsp3) is 0.500. The number of carbonyl (C=O) groups excluding carboxylic acids is 5. The number of aliphatic carboxylic acids is 2. The summed E-state index contributed by atoms with van der Waals surface area (Å²) in [5, 5.41) is 36.9. The van der Waals surface area contributed by atoms with E-state index in [1.807, 2.05) is 0 Å². The van der Waals surface area contributed by atoms with Gasteiger partial charge in [-0.2, -0.15) is 0 Å². The molecular weight excluding hydrogens is 494 g/mol. The molecule has 1 aromatic carbocycles. The van der Waals surface area contributed by atoms with Gasteiger partial charge in [0.05, 0.1) is 23.6 Å². The van der Waals surface area contributed by atoms with Crippen molar-refractivity contribution in [2.24, 2.45) is 11.7 Å².